The van der Waals surface area contributed by atoms with Crippen molar-refractivity contribution in [2.24, 2.45) is 5.73 Å². The molecule has 0 aliphatic rings. The number of nitrogens with one attached hydrogen (secondary N) is 1. The van der Waals surface area contributed by atoms with Crippen LogP contribution in [0.1, 0.15) is 10.5 Å². The van der Waals surface area contributed by atoms with Gasteiger partial charge in [-0.25, -0.2) is 0 Å². The van der Waals surface area contributed by atoms with E-state index in [4.69, 9.17) is 10.5 Å². The predicted octanol–water partition coefficient (Wildman–Crippen LogP) is 2.73. The fourth-order valence-electron chi connectivity index (χ4n) is 2.11. The zero-order valence-corrected chi connectivity index (χ0v) is 13.1. The number of primary amides is 1. The highest BCUT2D eigenvalue weighted by atomic mass is 32.2. The standard InChI is InChI=1S/C16H14N4O2S/c1-22-10-6-8-11(9-7-10)23-13-5-3-2-4-12(13)14-15(16(17)21)19-20-18-14/h2-9H,1H3,(H2,17,21)(H,18,19,20). The fourth-order valence-corrected chi connectivity index (χ4v) is 3.06. The Morgan fingerprint density at radius 3 is 2.57 bits per heavy atom. The van der Waals surface area contributed by atoms with E-state index < -0.39 is 5.91 Å². The van der Waals surface area contributed by atoms with Crippen LogP contribution in [0.3, 0.4) is 0 Å². The van der Waals surface area contributed by atoms with Crippen LogP contribution in [0.2, 0.25) is 0 Å². The van der Waals surface area contributed by atoms with E-state index in [-0.39, 0.29) is 5.69 Å². The molecule has 3 N–H and O–H groups in total. The van der Waals surface area contributed by atoms with Gasteiger partial charge in [0.1, 0.15) is 11.4 Å². The van der Waals surface area contributed by atoms with Crippen molar-refractivity contribution in [3.8, 4) is 17.0 Å². The van der Waals surface area contributed by atoms with Crippen LogP contribution in [0, 0.1) is 0 Å². The molecule has 0 unspecified atom stereocenters. The number of carbonyl (C=O) groups is 1. The van der Waals surface area contributed by atoms with Gasteiger partial charge in [-0.1, -0.05) is 30.0 Å². The van der Waals surface area contributed by atoms with E-state index in [1.54, 1.807) is 18.9 Å². The normalized spacial score (nSPS) is 10.5. The van der Waals surface area contributed by atoms with E-state index >= 15 is 0 Å². The summed E-state index contributed by atoms with van der Waals surface area (Å²) in [6, 6.07) is 15.4. The molecule has 3 aromatic rings. The van der Waals surface area contributed by atoms with Crippen molar-refractivity contribution in [2.75, 3.05) is 7.11 Å². The number of aromatic amines is 1. The SMILES string of the molecule is COc1ccc(Sc2ccccc2-c2n[nH]nc2C(N)=O)cc1. The highest BCUT2D eigenvalue weighted by Gasteiger charge is 2.18. The Morgan fingerprint density at radius 1 is 1.13 bits per heavy atom. The first-order chi connectivity index (χ1) is 11.2. The number of nitrogens with two attached hydrogens (primary N) is 1. The summed E-state index contributed by atoms with van der Waals surface area (Å²) in [5, 5.41) is 10.4. The Labute approximate surface area is 137 Å². The maximum absolute atomic E-state index is 11.5. The molecule has 0 fully saturated rings. The third kappa shape index (κ3) is 3.19. The Bertz CT molecular complexity index is 830. The van der Waals surface area contributed by atoms with Gasteiger partial charge in [-0.15, -0.1) is 0 Å². The van der Waals surface area contributed by atoms with E-state index in [1.807, 2.05) is 48.5 Å². The van der Waals surface area contributed by atoms with Gasteiger partial charge in [-0.05, 0) is 30.3 Å². The number of aromatic nitrogens is 3. The number of ether oxygens (including phenoxy) is 1. The molecular weight excluding hydrogens is 312 g/mol. The second kappa shape index (κ2) is 6.53. The minimum atomic E-state index is -0.613. The molecule has 7 heteroatoms. The van der Waals surface area contributed by atoms with Crippen molar-refractivity contribution in [3.05, 3.63) is 54.2 Å². The summed E-state index contributed by atoms with van der Waals surface area (Å²) in [6.07, 6.45) is 0. The Hall–Kier alpha value is -2.80. The van der Waals surface area contributed by atoms with E-state index in [0.717, 1.165) is 21.1 Å². The predicted molar refractivity (Wildman–Crippen MR) is 87.5 cm³/mol. The number of H-pyrrole nitrogens is 1. The maximum Gasteiger partial charge on any atom is 0.271 e. The molecule has 1 amide bonds. The van der Waals surface area contributed by atoms with Crippen LogP contribution in [0.15, 0.2) is 58.3 Å². The topological polar surface area (TPSA) is 93.9 Å². The van der Waals surface area contributed by atoms with Crippen molar-refractivity contribution in [2.45, 2.75) is 9.79 Å². The quantitative estimate of drug-likeness (QED) is 0.752. The summed E-state index contributed by atoms with van der Waals surface area (Å²) < 4.78 is 5.16. The van der Waals surface area contributed by atoms with Crippen molar-refractivity contribution >= 4 is 17.7 Å². The van der Waals surface area contributed by atoms with Gasteiger partial charge >= 0.3 is 0 Å². The third-order valence-electron chi connectivity index (χ3n) is 3.21. The molecule has 0 aliphatic heterocycles. The minimum Gasteiger partial charge on any atom is -0.497 e. The van der Waals surface area contributed by atoms with Gasteiger partial charge in [-0.2, -0.15) is 15.4 Å². The van der Waals surface area contributed by atoms with Crippen molar-refractivity contribution in [1.29, 1.82) is 0 Å². The average molecular weight is 326 g/mol. The first-order valence-corrected chi connectivity index (χ1v) is 7.62. The molecule has 0 saturated carbocycles. The maximum atomic E-state index is 11.5. The molecule has 0 aliphatic carbocycles. The minimum absolute atomic E-state index is 0.132. The largest absolute Gasteiger partial charge is 0.497 e. The van der Waals surface area contributed by atoms with E-state index in [2.05, 4.69) is 15.4 Å². The summed E-state index contributed by atoms with van der Waals surface area (Å²) in [4.78, 5) is 13.5. The van der Waals surface area contributed by atoms with Gasteiger partial charge in [0.05, 0.1) is 7.11 Å². The van der Waals surface area contributed by atoms with Crippen LogP contribution < -0.4 is 10.5 Å². The van der Waals surface area contributed by atoms with Crippen LogP contribution in [-0.2, 0) is 0 Å². The lowest BCUT2D eigenvalue weighted by Gasteiger charge is -2.08. The van der Waals surface area contributed by atoms with Gasteiger partial charge in [0.2, 0.25) is 0 Å². The number of methoxy groups -OCH3 is 1. The Balaban J connectivity index is 1.97. The highest BCUT2D eigenvalue weighted by molar-refractivity contribution is 7.99. The smallest absolute Gasteiger partial charge is 0.271 e. The van der Waals surface area contributed by atoms with Gasteiger partial charge in [0, 0.05) is 15.4 Å². The van der Waals surface area contributed by atoms with Gasteiger partial charge < -0.3 is 10.5 Å². The highest BCUT2D eigenvalue weighted by Crippen LogP contribution is 2.36. The second-order valence-corrected chi connectivity index (χ2v) is 5.77. The number of rotatable bonds is 5. The summed E-state index contributed by atoms with van der Waals surface area (Å²) in [7, 11) is 1.63. The summed E-state index contributed by atoms with van der Waals surface area (Å²) in [6.45, 7) is 0. The summed E-state index contributed by atoms with van der Waals surface area (Å²) in [5.41, 5.74) is 6.74. The molecular formula is C16H14N4O2S. The zero-order chi connectivity index (χ0) is 16.2. The molecule has 0 spiro atoms. The van der Waals surface area contributed by atoms with Crippen molar-refractivity contribution in [1.82, 2.24) is 15.4 Å². The number of hydrogen-bond donors (Lipinski definition) is 2. The molecule has 0 saturated heterocycles. The number of amides is 1. The molecule has 1 heterocycles. The molecule has 0 atom stereocenters. The Morgan fingerprint density at radius 2 is 1.87 bits per heavy atom. The van der Waals surface area contributed by atoms with E-state index in [9.17, 15) is 4.79 Å². The molecule has 116 valence electrons. The van der Waals surface area contributed by atoms with E-state index in [1.165, 1.54) is 0 Å². The van der Waals surface area contributed by atoms with Gasteiger partial charge in [-0.3, -0.25) is 4.79 Å². The molecule has 6 nitrogen and oxygen atoms in total. The monoisotopic (exact) mass is 326 g/mol. The molecule has 3 rings (SSSR count). The lowest BCUT2D eigenvalue weighted by Crippen LogP contribution is -2.12. The second-order valence-electron chi connectivity index (χ2n) is 4.66. The molecule has 2 aromatic carbocycles. The molecule has 23 heavy (non-hydrogen) atoms. The van der Waals surface area contributed by atoms with Gasteiger partial charge in [0.25, 0.3) is 5.91 Å². The number of nitrogens with zero attached hydrogens (tertiary/aromatic N) is 2. The van der Waals surface area contributed by atoms with Crippen LogP contribution in [0.4, 0.5) is 0 Å². The average Bonchev–Trinajstić information content (AvgIpc) is 3.06. The first kappa shape index (κ1) is 15.1. The lowest BCUT2D eigenvalue weighted by molar-refractivity contribution is 0.0996. The fraction of sp³-hybridized carbons (Fsp3) is 0.0625. The number of carbonyl (C=O) groups excluding carboxylic acids is 1. The number of hydrogen-bond acceptors (Lipinski definition) is 5. The van der Waals surface area contributed by atoms with E-state index in [0.29, 0.717) is 5.69 Å². The summed E-state index contributed by atoms with van der Waals surface area (Å²) >= 11 is 1.56. The van der Waals surface area contributed by atoms with Crippen LogP contribution >= 0.6 is 11.8 Å². The third-order valence-corrected chi connectivity index (χ3v) is 4.29. The Kier molecular flexibility index (Phi) is 4.29. The van der Waals surface area contributed by atoms with Crippen LogP contribution in [-0.4, -0.2) is 28.4 Å². The zero-order valence-electron chi connectivity index (χ0n) is 12.3. The molecule has 1 aromatic heterocycles. The summed E-state index contributed by atoms with van der Waals surface area (Å²) in [5.74, 6) is 0.188. The van der Waals surface area contributed by atoms with Crippen LogP contribution in [0.25, 0.3) is 11.3 Å². The molecule has 0 bridgehead atoms. The van der Waals surface area contributed by atoms with Crippen LogP contribution in [0.5, 0.6) is 5.75 Å². The number of benzene rings is 2. The van der Waals surface area contributed by atoms with Crippen molar-refractivity contribution < 1.29 is 9.53 Å². The first-order valence-electron chi connectivity index (χ1n) is 6.81. The lowest BCUT2D eigenvalue weighted by atomic mass is 10.1. The van der Waals surface area contributed by atoms with Gasteiger partial charge in [0.15, 0.2) is 5.69 Å². The van der Waals surface area contributed by atoms with Crippen molar-refractivity contribution in [3.63, 3.8) is 0 Å². The molecule has 0 radical (unpaired) electrons.